The van der Waals surface area contributed by atoms with Crippen molar-refractivity contribution in [2.45, 2.75) is 31.2 Å². The molecule has 3 N–H and O–H groups in total. The number of benzene rings is 1. The zero-order valence-electron chi connectivity index (χ0n) is 13.8. The maximum atomic E-state index is 12.2. The average Bonchev–Trinajstić information content (AvgIpc) is 3.13. The Hall–Kier alpha value is -2.23. The molecule has 1 aromatic carbocycles. The van der Waals surface area contributed by atoms with Crippen LogP contribution >= 0.6 is 11.3 Å². The van der Waals surface area contributed by atoms with E-state index in [0.29, 0.717) is 11.3 Å². The maximum absolute atomic E-state index is 12.2. The Kier molecular flexibility index (Phi) is 6.29. The van der Waals surface area contributed by atoms with Gasteiger partial charge in [0.2, 0.25) is 10.0 Å². The van der Waals surface area contributed by atoms with E-state index in [2.05, 4.69) is 15.6 Å². The van der Waals surface area contributed by atoms with Gasteiger partial charge in [-0.3, -0.25) is 20.4 Å². The molecule has 0 unspecified atom stereocenters. The molecule has 0 saturated heterocycles. The van der Waals surface area contributed by atoms with Gasteiger partial charge in [-0.1, -0.05) is 13.0 Å². The first-order chi connectivity index (χ1) is 11.8. The van der Waals surface area contributed by atoms with Crippen molar-refractivity contribution in [2.24, 2.45) is 0 Å². The molecule has 2 amide bonds. The van der Waals surface area contributed by atoms with Crippen LogP contribution in [0.4, 0.5) is 0 Å². The minimum atomic E-state index is -3.62. The van der Waals surface area contributed by atoms with Crippen LogP contribution in [0, 0.1) is 0 Å². The first-order valence-electron chi connectivity index (χ1n) is 7.60. The molecule has 1 heterocycles. The van der Waals surface area contributed by atoms with Crippen molar-refractivity contribution in [2.75, 3.05) is 0 Å². The van der Waals surface area contributed by atoms with Crippen molar-refractivity contribution >= 4 is 33.2 Å². The van der Waals surface area contributed by atoms with Gasteiger partial charge in [-0.2, -0.15) is 0 Å². The molecule has 2 aromatic rings. The Bertz CT molecular complexity index is 831. The highest BCUT2D eigenvalue weighted by Gasteiger charge is 2.17. The monoisotopic (exact) mass is 381 g/mol. The Balaban J connectivity index is 1.99. The van der Waals surface area contributed by atoms with Gasteiger partial charge in [0, 0.05) is 11.6 Å². The Labute approximate surface area is 150 Å². The second-order valence-corrected chi connectivity index (χ2v) is 8.00. The number of carbonyl (C=O) groups is 2. The molecular weight excluding hydrogens is 362 g/mol. The third-order valence-electron chi connectivity index (χ3n) is 3.43. The number of nitrogens with one attached hydrogen (secondary N) is 3. The SMILES string of the molecule is CC[C@@H](C)NS(=O)(=O)c1ccc(C(=O)NNC(=O)c2cccs2)cc1. The zero-order chi connectivity index (χ0) is 18.4. The third kappa shape index (κ3) is 5.12. The van der Waals surface area contributed by atoms with E-state index in [9.17, 15) is 18.0 Å². The number of carbonyl (C=O) groups excluding carboxylic acids is 2. The van der Waals surface area contributed by atoms with Crippen molar-refractivity contribution < 1.29 is 18.0 Å². The molecule has 0 bridgehead atoms. The molecule has 0 fully saturated rings. The van der Waals surface area contributed by atoms with Crippen LogP contribution in [0.5, 0.6) is 0 Å². The lowest BCUT2D eigenvalue weighted by Crippen LogP contribution is -2.41. The average molecular weight is 381 g/mol. The molecule has 0 saturated carbocycles. The van der Waals surface area contributed by atoms with Crippen molar-refractivity contribution in [1.82, 2.24) is 15.6 Å². The van der Waals surface area contributed by atoms with Crippen molar-refractivity contribution in [3.05, 3.63) is 52.2 Å². The molecule has 1 atom stereocenters. The van der Waals surface area contributed by atoms with Gasteiger partial charge in [0.05, 0.1) is 9.77 Å². The van der Waals surface area contributed by atoms with Gasteiger partial charge >= 0.3 is 0 Å². The van der Waals surface area contributed by atoms with E-state index in [1.165, 1.54) is 35.6 Å². The van der Waals surface area contributed by atoms with Crippen LogP contribution in [-0.2, 0) is 10.0 Å². The van der Waals surface area contributed by atoms with Gasteiger partial charge in [-0.25, -0.2) is 13.1 Å². The fraction of sp³-hybridized carbons (Fsp3) is 0.250. The second kappa shape index (κ2) is 8.24. The van der Waals surface area contributed by atoms with Gasteiger partial charge < -0.3 is 0 Å². The largest absolute Gasteiger partial charge is 0.279 e. The van der Waals surface area contributed by atoms with Crippen molar-refractivity contribution in [3.63, 3.8) is 0 Å². The van der Waals surface area contributed by atoms with Gasteiger partial charge in [0.1, 0.15) is 0 Å². The number of amides is 2. The molecule has 9 heteroatoms. The van der Waals surface area contributed by atoms with Crippen LogP contribution in [-0.4, -0.2) is 26.3 Å². The molecule has 0 aliphatic rings. The third-order valence-corrected chi connectivity index (χ3v) is 5.90. The fourth-order valence-corrected chi connectivity index (χ4v) is 3.80. The molecular formula is C16H19N3O4S2. The summed E-state index contributed by atoms with van der Waals surface area (Å²) in [4.78, 5) is 24.3. The number of hydrazine groups is 1. The van der Waals surface area contributed by atoms with Crippen molar-refractivity contribution in [1.29, 1.82) is 0 Å². The summed E-state index contributed by atoms with van der Waals surface area (Å²) in [7, 11) is -3.62. The summed E-state index contributed by atoms with van der Waals surface area (Å²) in [5.74, 6) is -0.955. The molecule has 134 valence electrons. The molecule has 0 radical (unpaired) electrons. The molecule has 1 aromatic heterocycles. The van der Waals surface area contributed by atoms with Gasteiger partial charge in [-0.05, 0) is 49.1 Å². The molecule has 7 nitrogen and oxygen atoms in total. The highest BCUT2D eigenvalue weighted by atomic mass is 32.2. The summed E-state index contributed by atoms with van der Waals surface area (Å²) >= 11 is 1.25. The quantitative estimate of drug-likeness (QED) is 0.665. The topological polar surface area (TPSA) is 104 Å². The lowest BCUT2D eigenvalue weighted by molar-refractivity contribution is 0.0849. The van der Waals surface area contributed by atoms with E-state index in [1.807, 2.05) is 6.92 Å². The number of thiophene rings is 1. The standard InChI is InChI=1S/C16H19N3O4S2/c1-3-11(2)19-25(22,23)13-8-6-12(7-9-13)15(20)17-18-16(21)14-5-4-10-24-14/h4-11,19H,3H2,1-2H3,(H,17,20)(H,18,21)/t11-/m1/s1. The Morgan fingerprint density at radius 2 is 1.72 bits per heavy atom. The maximum Gasteiger partial charge on any atom is 0.279 e. The number of hydrogen-bond acceptors (Lipinski definition) is 5. The predicted octanol–water partition coefficient (Wildman–Crippen LogP) is 1.90. The number of hydrogen-bond donors (Lipinski definition) is 3. The summed E-state index contributed by atoms with van der Waals surface area (Å²) in [6.45, 7) is 3.65. The zero-order valence-corrected chi connectivity index (χ0v) is 15.4. The summed E-state index contributed by atoms with van der Waals surface area (Å²) in [6, 6.07) is 8.65. The van der Waals surface area contributed by atoms with Gasteiger partial charge in [0.15, 0.2) is 0 Å². The lowest BCUT2D eigenvalue weighted by Gasteiger charge is -2.12. The normalized spacial score (nSPS) is 12.4. The molecule has 2 rings (SSSR count). The van der Waals surface area contributed by atoms with Crippen LogP contribution in [0.25, 0.3) is 0 Å². The first kappa shape index (κ1) is 19.1. The summed E-state index contributed by atoms with van der Waals surface area (Å²) in [5.41, 5.74) is 4.82. The van der Waals surface area contributed by atoms with E-state index in [0.717, 1.165) is 0 Å². The van der Waals surface area contributed by atoms with Gasteiger partial charge in [-0.15, -0.1) is 11.3 Å². The highest BCUT2D eigenvalue weighted by Crippen LogP contribution is 2.12. The number of sulfonamides is 1. The van der Waals surface area contributed by atoms with Crippen LogP contribution in [0.3, 0.4) is 0 Å². The summed E-state index contributed by atoms with van der Waals surface area (Å²) in [5, 5.41) is 1.75. The highest BCUT2D eigenvalue weighted by molar-refractivity contribution is 7.89. The summed E-state index contributed by atoms with van der Waals surface area (Å²) in [6.07, 6.45) is 0.670. The fourth-order valence-electron chi connectivity index (χ4n) is 1.86. The smallest absolute Gasteiger partial charge is 0.267 e. The van der Waals surface area contributed by atoms with Crippen LogP contribution in [0.15, 0.2) is 46.7 Å². The lowest BCUT2D eigenvalue weighted by atomic mass is 10.2. The Morgan fingerprint density at radius 1 is 1.08 bits per heavy atom. The molecule has 0 spiro atoms. The van der Waals surface area contributed by atoms with Crippen LogP contribution < -0.4 is 15.6 Å². The first-order valence-corrected chi connectivity index (χ1v) is 9.96. The number of rotatable bonds is 6. The second-order valence-electron chi connectivity index (χ2n) is 5.34. The van der Waals surface area contributed by atoms with E-state index in [1.54, 1.807) is 24.4 Å². The Morgan fingerprint density at radius 3 is 2.28 bits per heavy atom. The predicted molar refractivity (Wildman–Crippen MR) is 95.8 cm³/mol. The van der Waals surface area contributed by atoms with Gasteiger partial charge in [0.25, 0.3) is 11.8 Å². The minimum Gasteiger partial charge on any atom is -0.267 e. The summed E-state index contributed by atoms with van der Waals surface area (Å²) < 4.78 is 26.9. The van der Waals surface area contributed by atoms with E-state index in [4.69, 9.17) is 0 Å². The minimum absolute atomic E-state index is 0.0759. The molecule has 25 heavy (non-hydrogen) atoms. The van der Waals surface area contributed by atoms with Crippen LogP contribution in [0.2, 0.25) is 0 Å². The van der Waals surface area contributed by atoms with E-state index < -0.39 is 21.8 Å². The van der Waals surface area contributed by atoms with Crippen molar-refractivity contribution in [3.8, 4) is 0 Å². The molecule has 0 aliphatic carbocycles. The van der Waals surface area contributed by atoms with E-state index >= 15 is 0 Å². The molecule has 0 aliphatic heterocycles. The van der Waals surface area contributed by atoms with E-state index in [-0.39, 0.29) is 16.5 Å². The van der Waals surface area contributed by atoms with Crippen LogP contribution in [0.1, 0.15) is 40.3 Å².